The van der Waals surface area contributed by atoms with E-state index in [-0.39, 0.29) is 0 Å². The maximum Gasteiger partial charge on any atom is 0.253 e. The Bertz CT molecular complexity index is 746. The number of rotatable bonds is 7. The summed E-state index contributed by atoms with van der Waals surface area (Å²) >= 11 is 0. The molecule has 0 spiro atoms. The number of fused-ring (bicyclic) bond motifs is 7. The molecule has 4 fully saturated rings. The standard InChI is InChI=1S/C30H49F2N/c1-19-21(9-6-8-16-33-20(2)28(31)32)17-22-18-26-24-12-11-23-10-5-7-14-29(23,3)25(24)13-15-30(26,4)27(19)22/h20,22-28,33H,5-18H2,1-4H3. The zero-order valence-electron chi connectivity index (χ0n) is 21.8. The van der Waals surface area contributed by atoms with E-state index in [2.05, 4.69) is 26.1 Å². The van der Waals surface area contributed by atoms with Gasteiger partial charge < -0.3 is 5.32 Å². The third-order valence-electron chi connectivity index (χ3n) is 12.0. The van der Waals surface area contributed by atoms with Gasteiger partial charge in [0, 0.05) is 0 Å². The molecule has 5 aliphatic rings. The molecule has 0 aliphatic heterocycles. The van der Waals surface area contributed by atoms with Crippen molar-refractivity contribution in [2.24, 2.45) is 46.3 Å². The maximum absolute atomic E-state index is 12.7. The van der Waals surface area contributed by atoms with Crippen LogP contribution in [0.15, 0.2) is 11.1 Å². The van der Waals surface area contributed by atoms with Gasteiger partial charge in [-0.05, 0) is 137 Å². The van der Waals surface area contributed by atoms with Crippen molar-refractivity contribution >= 4 is 0 Å². The first-order chi connectivity index (χ1) is 15.8. The quantitative estimate of drug-likeness (QED) is 0.296. The minimum Gasteiger partial charge on any atom is -0.309 e. The summed E-state index contributed by atoms with van der Waals surface area (Å²) in [5, 5.41) is 2.98. The first-order valence-corrected chi connectivity index (χ1v) is 14.5. The lowest BCUT2D eigenvalue weighted by Crippen LogP contribution is -2.52. The van der Waals surface area contributed by atoms with Crippen molar-refractivity contribution in [1.82, 2.24) is 5.32 Å². The van der Waals surface area contributed by atoms with Gasteiger partial charge in [-0.2, -0.15) is 0 Å². The monoisotopic (exact) mass is 461 g/mol. The summed E-state index contributed by atoms with van der Waals surface area (Å²) in [6, 6.07) is -0.685. The minimum absolute atomic E-state index is 0.532. The number of alkyl halides is 2. The van der Waals surface area contributed by atoms with E-state index in [1.165, 1.54) is 70.6 Å². The largest absolute Gasteiger partial charge is 0.309 e. The van der Waals surface area contributed by atoms with Crippen LogP contribution in [-0.2, 0) is 0 Å². The van der Waals surface area contributed by atoms with E-state index in [9.17, 15) is 8.78 Å². The van der Waals surface area contributed by atoms with Crippen molar-refractivity contribution in [1.29, 1.82) is 0 Å². The molecule has 0 aromatic carbocycles. The molecular weight excluding hydrogens is 412 g/mol. The lowest BCUT2D eigenvalue weighted by atomic mass is 9.44. The summed E-state index contributed by atoms with van der Waals surface area (Å²) in [6.07, 6.45) is 15.8. The van der Waals surface area contributed by atoms with Crippen LogP contribution in [0, 0.1) is 46.3 Å². The first-order valence-electron chi connectivity index (χ1n) is 14.5. The van der Waals surface area contributed by atoms with Gasteiger partial charge in [-0.1, -0.05) is 37.8 Å². The first kappa shape index (κ1) is 24.3. The van der Waals surface area contributed by atoms with Crippen molar-refractivity contribution in [3.05, 3.63) is 11.1 Å². The Morgan fingerprint density at radius 3 is 2.58 bits per heavy atom. The molecule has 1 N–H and O–H groups in total. The van der Waals surface area contributed by atoms with Crippen LogP contribution in [0.3, 0.4) is 0 Å². The van der Waals surface area contributed by atoms with Gasteiger partial charge in [0.1, 0.15) is 0 Å². The topological polar surface area (TPSA) is 12.0 Å². The molecule has 1 nitrogen and oxygen atoms in total. The molecule has 9 unspecified atom stereocenters. The highest BCUT2D eigenvalue weighted by Gasteiger charge is 2.63. The van der Waals surface area contributed by atoms with Gasteiger partial charge in [0.15, 0.2) is 0 Å². The lowest BCUT2D eigenvalue weighted by Gasteiger charge is -2.60. The predicted molar refractivity (Wildman–Crippen MR) is 133 cm³/mol. The number of nitrogens with one attached hydrogen (secondary N) is 1. The second-order valence-corrected chi connectivity index (χ2v) is 13.4. The summed E-state index contributed by atoms with van der Waals surface area (Å²) in [7, 11) is 0. The molecule has 0 aromatic rings. The number of unbranched alkanes of at least 4 members (excludes halogenated alkanes) is 1. The summed E-state index contributed by atoms with van der Waals surface area (Å²) in [6.45, 7) is 10.2. The van der Waals surface area contributed by atoms with Crippen molar-refractivity contribution < 1.29 is 8.78 Å². The van der Waals surface area contributed by atoms with Crippen molar-refractivity contribution in [3.8, 4) is 0 Å². The summed E-state index contributed by atoms with van der Waals surface area (Å²) < 4.78 is 25.3. The van der Waals surface area contributed by atoms with E-state index in [1.54, 1.807) is 18.1 Å². The highest BCUT2D eigenvalue weighted by Crippen LogP contribution is 2.71. The fourth-order valence-corrected chi connectivity index (χ4v) is 10.4. The van der Waals surface area contributed by atoms with Gasteiger partial charge in [0.05, 0.1) is 6.04 Å². The summed E-state index contributed by atoms with van der Waals surface area (Å²) in [5.74, 6) is 5.69. The molecule has 33 heavy (non-hydrogen) atoms. The van der Waals surface area contributed by atoms with Crippen LogP contribution in [0.5, 0.6) is 0 Å². The van der Waals surface area contributed by atoms with Gasteiger partial charge in [-0.25, -0.2) is 8.78 Å². The molecule has 0 radical (unpaired) electrons. The van der Waals surface area contributed by atoms with Crippen molar-refractivity contribution in [2.45, 2.75) is 124 Å². The zero-order chi connectivity index (χ0) is 23.4. The Labute approximate surface area is 201 Å². The summed E-state index contributed by atoms with van der Waals surface area (Å²) in [4.78, 5) is 0. The fraction of sp³-hybridized carbons (Fsp3) is 0.933. The third-order valence-corrected chi connectivity index (χ3v) is 12.0. The molecule has 0 bridgehead atoms. The minimum atomic E-state index is -2.26. The molecule has 5 rings (SSSR count). The van der Waals surface area contributed by atoms with E-state index in [0.29, 0.717) is 17.4 Å². The van der Waals surface area contributed by atoms with Crippen molar-refractivity contribution in [3.63, 3.8) is 0 Å². The summed E-state index contributed by atoms with van der Waals surface area (Å²) in [5.41, 5.74) is 4.65. The Morgan fingerprint density at radius 2 is 1.79 bits per heavy atom. The number of allylic oxidation sites excluding steroid dienone is 2. The molecule has 0 saturated heterocycles. The molecule has 188 valence electrons. The van der Waals surface area contributed by atoms with E-state index in [0.717, 1.165) is 48.3 Å². The van der Waals surface area contributed by atoms with Gasteiger partial charge in [0.2, 0.25) is 0 Å². The normalized spacial score (nSPS) is 45.5. The molecule has 0 amide bonds. The van der Waals surface area contributed by atoms with Crippen LogP contribution < -0.4 is 5.32 Å². The van der Waals surface area contributed by atoms with E-state index in [4.69, 9.17) is 0 Å². The fourth-order valence-electron chi connectivity index (χ4n) is 10.4. The Kier molecular flexibility index (Phi) is 6.77. The molecule has 3 heteroatoms. The average Bonchev–Trinajstić information content (AvgIpc) is 3.26. The van der Waals surface area contributed by atoms with Gasteiger partial charge in [-0.3, -0.25) is 0 Å². The van der Waals surface area contributed by atoms with Crippen LogP contribution in [-0.4, -0.2) is 19.0 Å². The SMILES string of the molecule is CC1=C(CCCCNC(C)C(F)F)CC2CC3C4CCC5CCCCC5(C)C4CCC3(C)C12. The van der Waals surface area contributed by atoms with Gasteiger partial charge in [-0.15, -0.1) is 0 Å². The molecule has 5 aliphatic carbocycles. The lowest BCUT2D eigenvalue weighted by molar-refractivity contribution is -0.108. The average molecular weight is 462 g/mol. The van der Waals surface area contributed by atoms with Crippen LogP contribution in [0.1, 0.15) is 111 Å². The molecule has 4 saturated carbocycles. The molecule has 9 atom stereocenters. The van der Waals surface area contributed by atoms with Gasteiger partial charge >= 0.3 is 0 Å². The highest BCUT2D eigenvalue weighted by molar-refractivity contribution is 5.30. The number of halogens is 2. The van der Waals surface area contributed by atoms with E-state index >= 15 is 0 Å². The molecule has 0 aromatic heterocycles. The molecule has 0 heterocycles. The predicted octanol–water partition coefficient (Wildman–Crippen LogP) is 8.40. The van der Waals surface area contributed by atoms with Crippen LogP contribution in [0.2, 0.25) is 0 Å². The maximum atomic E-state index is 12.7. The second-order valence-electron chi connectivity index (χ2n) is 13.4. The highest BCUT2D eigenvalue weighted by atomic mass is 19.3. The van der Waals surface area contributed by atoms with Gasteiger partial charge in [0.25, 0.3) is 6.43 Å². The third kappa shape index (κ3) is 4.05. The second kappa shape index (κ2) is 9.21. The van der Waals surface area contributed by atoms with Crippen LogP contribution >= 0.6 is 0 Å². The van der Waals surface area contributed by atoms with E-state index in [1.807, 2.05) is 0 Å². The number of hydrogen-bond acceptors (Lipinski definition) is 1. The smallest absolute Gasteiger partial charge is 0.253 e. The zero-order valence-corrected chi connectivity index (χ0v) is 21.8. The number of hydrogen-bond donors (Lipinski definition) is 1. The Balaban J connectivity index is 1.22. The van der Waals surface area contributed by atoms with Crippen LogP contribution in [0.25, 0.3) is 0 Å². The Morgan fingerprint density at radius 1 is 0.970 bits per heavy atom. The Hall–Kier alpha value is -0.440. The van der Waals surface area contributed by atoms with E-state index < -0.39 is 12.5 Å². The molecular formula is C30H49F2N. The van der Waals surface area contributed by atoms with Crippen molar-refractivity contribution in [2.75, 3.05) is 6.54 Å². The van der Waals surface area contributed by atoms with Crippen LogP contribution in [0.4, 0.5) is 8.78 Å².